The third kappa shape index (κ3) is 3.19. The molecular weight excluding hydrogens is 334 g/mol. The molecule has 2 aromatic rings. The average molecular weight is 366 g/mol. The maximum absolute atomic E-state index is 12.8. The molecule has 1 amide bonds. The van der Waals surface area contributed by atoms with Crippen LogP contribution in [0.2, 0.25) is 0 Å². The van der Waals surface area contributed by atoms with E-state index in [-0.39, 0.29) is 11.9 Å². The summed E-state index contributed by atoms with van der Waals surface area (Å²) in [6, 6.07) is 11.1. The van der Waals surface area contributed by atoms with E-state index in [9.17, 15) is 4.79 Å². The van der Waals surface area contributed by atoms with Crippen molar-refractivity contribution < 1.29 is 4.79 Å². The van der Waals surface area contributed by atoms with Gasteiger partial charge in [-0.1, -0.05) is 36.8 Å². The SMILES string of the molecule is Cc1nn(C(C)CC(=O)NC2C3CCCC3C2c2ccccc2)c(C)c1C. The van der Waals surface area contributed by atoms with Gasteiger partial charge in [-0.3, -0.25) is 9.48 Å². The lowest BCUT2D eigenvalue weighted by molar-refractivity contribution is -0.124. The van der Waals surface area contributed by atoms with Crippen molar-refractivity contribution in [2.75, 3.05) is 0 Å². The standard InChI is InChI=1S/C23H31N3O/c1-14(26-17(4)15(2)16(3)25-26)13-21(27)24-23-20-12-8-11-19(20)22(23)18-9-6-5-7-10-18/h5-7,9-10,14,19-20,22-23H,8,11-13H2,1-4H3,(H,24,27). The van der Waals surface area contributed by atoms with Crippen LogP contribution in [0.25, 0.3) is 0 Å². The van der Waals surface area contributed by atoms with Crippen LogP contribution in [0.1, 0.15) is 67.1 Å². The van der Waals surface area contributed by atoms with Crippen LogP contribution in [0.15, 0.2) is 30.3 Å². The molecule has 0 bridgehead atoms. The Bertz CT molecular complexity index is 826. The molecule has 4 nitrogen and oxygen atoms in total. The summed E-state index contributed by atoms with van der Waals surface area (Å²) < 4.78 is 2.01. The summed E-state index contributed by atoms with van der Waals surface area (Å²) in [4.78, 5) is 12.8. The molecule has 1 aromatic heterocycles. The Morgan fingerprint density at radius 2 is 1.89 bits per heavy atom. The van der Waals surface area contributed by atoms with Crippen molar-refractivity contribution >= 4 is 5.91 Å². The fraction of sp³-hybridized carbons (Fsp3) is 0.565. The summed E-state index contributed by atoms with van der Waals surface area (Å²) in [6.45, 7) is 8.31. The minimum Gasteiger partial charge on any atom is -0.352 e. The number of fused-ring (bicyclic) bond motifs is 1. The average Bonchev–Trinajstić information content (AvgIpc) is 3.17. The van der Waals surface area contributed by atoms with E-state index in [1.54, 1.807) is 0 Å². The molecule has 2 aliphatic rings. The zero-order valence-electron chi connectivity index (χ0n) is 16.9. The van der Waals surface area contributed by atoms with Crippen LogP contribution < -0.4 is 5.32 Å². The highest BCUT2D eigenvalue weighted by Gasteiger charge is 2.53. The van der Waals surface area contributed by atoms with Gasteiger partial charge in [0.05, 0.1) is 11.7 Å². The molecule has 4 rings (SSSR count). The van der Waals surface area contributed by atoms with E-state index in [0.29, 0.717) is 24.3 Å². The lowest BCUT2D eigenvalue weighted by Crippen LogP contribution is -2.56. The zero-order valence-corrected chi connectivity index (χ0v) is 16.9. The minimum atomic E-state index is 0.0760. The van der Waals surface area contributed by atoms with E-state index < -0.39 is 0 Å². The van der Waals surface area contributed by atoms with E-state index in [1.165, 1.54) is 30.4 Å². The molecule has 2 aliphatic carbocycles. The van der Waals surface area contributed by atoms with Crippen molar-refractivity contribution in [2.45, 2.75) is 71.4 Å². The lowest BCUT2D eigenvalue weighted by Gasteiger charge is -2.50. The number of carbonyl (C=O) groups is 1. The Balaban J connectivity index is 1.44. The fourth-order valence-electron chi connectivity index (χ4n) is 5.40. The number of carbonyl (C=O) groups excluding carboxylic acids is 1. The summed E-state index contributed by atoms with van der Waals surface area (Å²) in [5.41, 5.74) is 4.82. The van der Waals surface area contributed by atoms with Crippen molar-refractivity contribution in [3.63, 3.8) is 0 Å². The second kappa shape index (κ2) is 7.14. The summed E-state index contributed by atoms with van der Waals surface area (Å²) >= 11 is 0. The van der Waals surface area contributed by atoms with Gasteiger partial charge in [0.1, 0.15) is 0 Å². The smallest absolute Gasteiger partial charge is 0.222 e. The number of nitrogens with one attached hydrogen (secondary N) is 1. The first-order valence-electron chi connectivity index (χ1n) is 10.3. The Morgan fingerprint density at radius 3 is 2.56 bits per heavy atom. The van der Waals surface area contributed by atoms with E-state index >= 15 is 0 Å². The summed E-state index contributed by atoms with van der Waals surface area (Å²) in [6.07, 6.45) is 4.34. The Morgan fingerprint density at radius 1 is 1.19 bits per heavy atom. The van der Waals surface area contributed by atoms with Crippen LogP contribution in [-0.4, -0.2) is 21.7 Å². The predicted octanol–water partition coefficient (Wildman–Crippen LogP) is 4.46. The maximum Gasteiger partial charge on any atom is 0.222 e. The highest BCUT2D eigenvalue weighted by atomic mass is 16.1. The van der Waals surface area contributed by atoms with Crippen LogP contribution in [0.3, 0.4) is 0 Å². The normalized spacial score (nSPS) is 27.7. The lowest BCUT2D eigenvalue weighted by atomic mass is 9.60. The van der Waals surface area contributed by atoms with Gasteiger partial charge in [0.2, 0.25) is 5.91 Å². The van der Waals surface area contributed by atoms with Gasteiger partial charge < -0.3 is 5.32 Å². The molecule has 0 saturated heterocycles. The second-order valence-corrected chi connectivity index (χ2v) is 8.58. The highest BCUT2D eigenvalue weighted by molar-refractivity contribution is 5.77. The van der Waals surface area contributed by atoms with Crippen LogP contribution >= 0.6 is 0 Å². The molecule has 0 aliphatic heterocycles. The van der Waals surface area contributed by atoms with Crippen molar-refractivity contribution in [1.82, 2.24) is 15.1 Å². The molecule has 1 aromatic carbocycles. The van der Waals surface area contributed by atoms with Gasteiger partial charge in [-0.15, -0.1) is 0 Å². The van der Waals surface area contributed by atoms with Gasteiger partial charge in [-0.25, -0.2) is 0 Å². The summed E-state index contributed by atoms with van der Waals surface area (Å²) in [7, 11) is 0. The second-order valence-electron chi connectivity index (χ2n) is 8.58. The number of aryl methyl sites for hydroxylation is 1. The largest absolute Gasteiger partial charge is 0.352 e. The van der Waals surface area contributed by atoms with E-state index in [4.69, 9.17) is 0 Å². The minimum absolute atomic E-state index is 0.0760. The molecule has 5 unspecified atom stereocenters. The number of amides is 1. The fourth-order valence-corrected chi connectivity index (χ4v) is 5.40. The molecule has 2 fully saturated rings. The van der Waals surface area contributed by atoms with E-state index in [1.807, 2.05) is 11.6 Å². The van der Waals surface area contributed by atoms with Gasteiger partial charge in [-0.2, -0.15) is 5.10 Å². The molecule has 4 heteroatoms. The molecule has 5 atom stereocenters. The van der Waals surface area contributed by atoms with Crippen molar-refractivity contribution in [3.8, 4) is 0 Å². The molecule has 2 saturated carbocycles. The van der Waals surface area contributed by atoms with Crippen LogP contribution in [0.5, 0.6) is 0 Å². The first kappa shape index (κ1) is 18.3. The number of rotatable bonds is 5. The molecule has 27 heavy (non-hydrogen) atoms. The molecule has 0 radical (unpaired) electrons. The Hall–Kier alpha value is -2.10. The van der Waals surface area contributed by atoms with Gasteiger partial charge in [0, 0.05) is 24.1 Å². The Kier molecular flexibility index (Phi) is 4.83. The quantitative estimate of drug-likeness (QED) is 0.850. The van der Waals surface area contributed by atoms with Crippen molar-refractivity contribution in [2.24, 2.45) is 11.8 Å². The van der Waals surface area contributed by atoms with E-state index in [2.05, 4.69) is 61.5 Å². The van der Waals surface area contributed by atoms with Crippen molar-refractivity contribution in [1.29, 1.82) is 0 Å². The van der Waals surface area contributed by atoms with Gasteiger partial charge >= 0.3 is 0 Å². The molecule has 1 N–H and O–H groups in total. The predicted molar refractivity (Wildman–Crippen MR) is 108 cm³/mol. The Labute approximate surface area is 162 Å². The highest BCUT2D eigenvalue weighted by Crippen LogP contribution is 2.55. The molecule has 0 spiro atoms. The third-order valence-corrected chi connectivity index (χ3v) is 7.03. The van der Waals surface area contributed by atoms with Gasteiger partial charge in [0.25, 0.3) is 0 Å². The molecule has 1 heterocycles. The summed E-state index contributed by atoms with van der Waals surface area (Å²) in [5, 5.41) is 8.03. The number of benzene rings is 1. The monoisotopic (exact) mass is 365 g/mol. The zero-order chi connectivity index (χ0) is 19.1. The van der Waals surface area contributed by atoms with Crippen LogP contribution in [0, 0.1) is 32.6 Å². The third-order valence-electron chi connectivity index (χ3n) is 7.03. The molecule has 144 valence electrons. The number of hydrogen-bond acceptors (Lipinski definition) is 2. The first-order valence-corrected chi connectivity index (χ1v) is 10.3. The van der Waals surface area contributed by atoms with Gasteiger partial charge in [0.15, 0.2) is 0 Å². The number of aromatic nitrogens is 2. The number of hydrogen-bond donors (Lipinski definition) is 1. The van der Waals surface area contributed by atoms with E-state index in [0.717, 1.165) is 17.3 Å². The number of nitrogens with zero attached hydrogens (tertiary/aromatic N) is 2. The first-order chi connectivity index (χ1) is 13.0. The maximum atomic E-state index is 12.8. The molecular formula is C23H31N3O. The van der Waals surface area contributed by atoms with Crippen LogP contribution in [0.4, 0.5) is 0 Å². The van der Waals surface area contributed by atoms with Crippen molar-refractivity contribution in [3.05, 3.63) is 52.8 Å². The summed E-state index contributed by atoms with van der Waals surface area (Å²) in [5.74, 6) is 2.04. The van der Waals surface area contributed by atoms with Crippen LogP contribution in [-0.2, 0) is 4.79 Å². The van der Waals surface area contributed by atoms with Gasteiger partial charge in [-0.05, 0) is 63.5 Å². The topological polar surface area (TPSA) is 46.9 Å².